The molecule has 0 saturated carbocycles. The largest absolute Gasteiger partial charge is 0.445 e. The molecule has 0 spiro atoms. The molecule has 1 aliphatic heterocycles. The van der Waals surface area contributed by atoms with E-state index in [0.717, 1.165) is 29.3 Å². The maximum absolute atomic E-state index is 12.3. The Labute approximate surface area is 123 Å². The molecule has 0 N–H and O–H groups in total. The van der Waals surface area contributed by atoms with Gasteiger partial charge in [0.05, 0.1) is 12.7 Å². The molecule has 3 heterocycles. The number of aryl methyl sites for hydroxylation is 1. The minimum atomic E-state index is 0.0675. The van der Waals surface area contributed by atoms with E-state index in [2.05, 4.69) is 23.9 Å². The van der Waals surface area contributed by atoms with Gasteiger partial charge in [-0.2, -0.15) is 5.10 Å². The van der Waals surface area contributed by atoms with E-state index in [4.69, 9.17) is 4.42 Å². The third-order valence-electron chi connectivity index (χ3n) is 3.65. The molecule has 21 heavy (non-hydrogen) atoms. The van der Waals surface area contributed by atoms with E-state index >= 15 is 0 Å². The number of oxazole rings is 1. The summed E-state index contributed by atoms with van der Waals surface area (Å²) < 4.78 is 7.43. The van der Waals surface area contributed by atoms with Crippen LogP contribution in [0.25, 0.3) is 0 Å². The Hall–Kier alpha value is -2.11. The maximum Gasteiger partial charge on any atom is 0.244 e. The number of fused-ring (bicyclic) bond motifs is 1. The third-order valence-corrected chi connectivity index (χ3v) is 3.65. The quantitative estimate of drug-likeness (QED) is 0.865. The van der Waals surface area contributed by atoms with Crippen molar-refractivity contribution in [1.82, 2.24) is 19.7 Å². The molecule has 0 radical (unpaired) electrons. The molecule has 2 aromatic heterocycles. The standard InChI is InChI=1S/C15H20N4O2/c1-10(2)15-17-12-8-18(5-4-13(12)21-15)14(20)9-19-7-11(3)6-16-19/h6-7,10H,4-5,8-9H2,1-3H3. The first-order chi connectivity index (χ1) is 10.0. The summed E-state index contributed by atoms with van der Waals surface area (Å²) >= 11 is 0. The van der Waals surface area contributed by atoms with E-state index in [-0.39, 0.29) is 18.4 Å². The second-order valence-electron chi connectivity index (χ2n) is 5.86. The van der Waals surface area contributed by atoms with Gasteiger partial charge in [0.15, 0.2) is 5.89 Å². The number of amides is 1. The first-order valence-electron chi connectivity index (χ1n) is 7.28. The molecule has 0 aromatic carbocycles. The molecule has 3 rings (SSSR count). The second-order valence-corrected chi connectivity index (χ2v) is 5.86. The normalized spacial score (nSPS) is 14.6. The van der Waals surface area contributed by atoms with Crippen LogP contribution in [0.4, 0.5) is 0 Å². The van der Waals surface area contributed by atoms with Gasteiger partial charge < -0.3 is 9.32 Å². The molecule has 0 aliphatic carbocycles. The van der Waals surface area contributed by atoms with Gasteiger partial charge in [-0.25, -0.2) is 4.98 Å². The van der Waals surface area contributed by atoms with Crippen LogP contribution in [0, 0.1) is 6.92 Å². The van der Waals surface area contributed by atoms with Crippen LogP contribution in [0.2, 0.25) is 0 Å². The maximum atomic E-state index is 12.3. The fourth-order valence-corrected chi connectivity index (χ4v) is 2.47. The van der Waals surface area contributed by atoms with E-state index < -0.39 is 0 Å². The van der Waals surface area contributed by atoms with Crippen molar-refractivity contribution < 1.29 is 9.21 Å². The Bertz CT molecular complexity index is 656. The summed E-state index contributed by atoms with van der Waals surface area (Å²) in [7, 11) is 0. The van der Waals surface area contributed by atoms with Crippen molar-refractivity contribution >= 4 is 5.91 Å². The Morgan fingerprint density at radius 2 is 2.29 bits per heavy atom. The first-order valence-corrected chi connectivity index (χ1v) is 7.28. The summed E-state index contributed by atoms with van der Waals surface area (Å²) in [5, 5.41) is 4.16. The molecule has 0 saturated heterocycles. The molecule has 112 valence electrons. The molecule has 0 fully saturated rings. The van der Waals surface area contributed by atoms with E-state index in [1.54, 1.807) is 10.9 Å². The molecule has 0 bridgehead atoms. The summed E-state index contributed by atoms with van der Waals surface area (Å²) in [6.45, 7) is 7.56. The monoisotopic (exact) mass is 288 g/mol. The van der Waals surface area contributed by atoms with Crippen molar-refractivity contribution in [3.63, 3.8) is 0 Å². The van der Waals surface area contributed by atoms with Gasteiger partial charge in [-0.15, -0.1) is 0 Å². The molecular weight excluding hydrogens is 268 g/mol. The Morgan fingerprint density at radius 1 is 1.48 bits per heavy atom. The van der Waals surface area contributed by atoms with Gasteiger partial charge >= 0.3 is 0 Å². The van der Waals surface area contributed by atoms with Crippen molar-refractivity contribution in [2.45, 2.75) is 46.2 Å². The average molecular weight is 288 g/mol. The summed E-state index contributed by atoms with van der Waals surface area (Å²) in [5.41, 5.74) is 1.96. The Morgan fingerprint density at radius 3 is 2.95 bits per heavy atom. The summed E-state index contributed by atoms with van der Waals surface area (Å²) in [5.74, 6) is 2.03. The molecule has 0 unspecified atom stereocenters. The van der Waals surface area contributed by atoms with Crippen molar-refractivity contribution in [2.24, 2.45) is 0 Å². The third kappa shape index (κ3) is 2.84. The highest BCUT2D eigenvalue weighted by Crippen LogP contribution is 2.23. The minimum Gasteiger partial charge on any atom is -0.445 e. The van der Waals surface area contributed by atoms with Crippen LogP contribution >= 0.6 is 0 Å². The molecule has 6 heteroatoms. The SMILES string of the molecule is Cc1cnn(CC(=O)N2CCc3oc(C(C)C)nc3C2)c1. The van der Waals surface area contributed by atoms with Crippen LogP contribution in [0.3, 0.4) is 0 Å². The molecular formula is C15H20N4O2. The zero-order valence-electron chi connectivity index (χ0n) is 12.7. The number of hydrogen-bond acceptors (Lipinski definition) is 4. The van der Waals surface area contributed by atoms with Crippen LogP contribution in [0.1, 0.15) is 42.7 Å². The van der Waals surface area contributed by atoms with Crippen LogP contribution < -0.4 is 0 Å². The van der Waals surface area contributed by atoms with Crippen LogP contribution in [-0.2, 0) is 24.3 Å². The summed E-state index contributed by atoms with van der Waals surface area (Å²) in [4.78, 5) is 18.7. The van der Waals surface area contributed by atoms with E-state index in [0.29, 0.717) is 13.1 Å². The van der Waals surface area contributed by atoms with Crippen LogP contribution in [0.5, 0.6) is 0 Å². The fourth-order valence-electron chi connectivity index (χ4n) is 2.47. The van der Waals surface area contributed by atoms with E-state index in [9.17, 15) is 4.79 Å². The lowest BCUT2D eigenvalue weighted by atomic mass is 10.1. The van der Waals surface area contributed by atoms with Gasteiger partial charge in [-0.05, 0) is 12.5 Å². The zero-order chi connectivity index (χ0) is 15.0. The number of nitrogens with zero attached hydrogens (tertiary/aromatic N) is 4. The molecule has 1 amide bonds. The molecule has 0 atom stereocenters. The number of aromatic nitrogens is 3. The van der Waals surface area contributed by atoms with Crippen molar-refractivity contribution in [3.8, 4) is 0 Å². The highest BCUT2D eigenvalue weighted by molar-refractivity contribution is 5.76. The fraction of sp³-hybridized carbons (Fsp3) is 0.533. The van der Waals surface area contributed by atoms with Gasteiger partial charge in [-0.3, -0.25) is 9.48 Å². The summed E-state index contributed by atoms with van der Waals surface area (Å²) in [6, 6.07) is 0. The van der Waals surface area contributed by atoms with E-state index in [1.807, 2.05) is 18.0 Å². The molecule has 2 aromatic rings. The van der Waals surface area contributed by atoms with Gasteiger partial charge in [0.1, 0.15) is 18.0 Å². The lowest BCUT2D eigenvalue weighted by molar-refractivity contribution is -0.133. The van der Waals surface area contributed by atoms with Crippen molar-refractivity contribution in [1.29, 1.82) is 0 Å². The molecule has 1 aliphatic rings. The Kier molecular flexibility index (Phi) is 3.53. The predicted octanol–water partition coefficient (Wildman–Crippen LogP) is 1.89. The van der Waals surface area contributed by atoms with Gasteiger partial charge in [-0.1, -0.05) is 13.8 Å². The van der Waals surface area contributed by atoms with Gasteiger partial charge in [0.25, 0.3) is 0 Å². The zero-order valence-corrected chi connectivity index (χ0v) is 12.7. The number of hydrogen-bond donors (Lipinski definition) is 0. The van der Waals surface area contributed by atoms with Crippen LogP contribution in [0.15, 0.2) is 16.8 Å². The number of carbonyl (C=O) groups is 1. The second kappa shape index (κ2) is 5.35. The first kappa shape index (κ1) is 13.9. The minimum absolute atomic E-state index is 0.0675. The smallest absolute Gasteiger partial charge is 0.244 e. The summed E-state index contributed by atoms with van der Waals surface area (Å²) in [6.07, 6.45) is 4.37. The van der Waals surface area contributed by atoms with E-state index in [1.165, 1.54) is 0 Å². The average Bonchev–Trinajstić information content (AvgIpc) is 3.03. The lowest BCUT2D eigenvalue weighted by Gasteiger charge is -2.25. The number of carbonyl (C=O) groups excluding carboxylic acids is 1. The number of rotatable bonds is 3. The van der Waals surface area contributed by atoms with Gasteiger partial charge in [0.2, 0.25) is 5.91 Å². The predicted molar refractivity (Wildman–Crippen MR) is 76.7 cm³/mol. The topological polar surface area (TPSA) is 64.2 Å². The van der Waals surface area contributed by atoms with Crippen LogP contribution in [-0.4, -0.2) is 32.1 Å². The highest BCUT2D eigenvalue weighted by atomic mass is 16.4. The van der Waals surface area contributed by atoms with Crippen molar-refractivity contribution in [2.75, 3.05) is 6.54 Å². The Balaban J connectivity index is 1.69. The highest BCUT2D eigenvalue weighted by Gasteiger charge is 2.26. The van der Waals surface area contributed by atoms with Gasteiger partial charge in [0, 0.05) is 25.1 Å². The van der Waals surface area contributed by atoms with Crippen molar-refractivity contribution in [3.05, 3.63) is 35.3 Å². The lowest BCUT2D eigenvalue weighted by Crippen LogP contribution is -2.38. The molecule has 6 nitrogen and oxygen atoms in total.